The molecule has 1 aromatic carbocycles. The van der Waals surface area contributed by atoms with Gasteiger partial charge in [-0.15, -0.1) is 0 Å². The van der Waals surface area contributed by atoms with Crippen molar-refractivity contribution in [1.29, 1.82) is 0 Å². The van der Waals surface area contributed by atoms with Crippen LogP contribution < -0.4 is 5.48 Å². The van der Waals surface area contributed by atoms with E-state index >= 15 is 0 Å². The van der Waals surface area contributed by atoms with E-state index in [1.54, 1.807) is 12.1 Å². The molecule has 5 nitrogen and oxygen atoms in total. The number of carbonyl (C=O) groups excluding carboxylic acids is 1. The Balaban J connectivity index is 2.23. The van der Waals surface area contributed by atoms with Gasteiger partial charge in [-0.1, -0.05) is 12.1 Å². The van der Waals surface area contributed by atoms with E-state index in [2.05, 4.69) is 4.84 Å². The van der Waals surface area contributed by atoms with Crippen molar-refractivity contribution in [3.05, 3.63) is 35.6 Å². The van der Waals surface area contributed by atoms with E-state index in [0.29, 0.717) is 6.42 Å². The van der Waals surface area contributed by atoms with Crippen molar-refractivity contribution < 1.29 is 23.9 Å². The van der Waals surface area contributed by atoms with Gasteiger partial charge in [0.1, 0.15) is 5.82 Å². The summed E-state index contributed by atoms with van der Waals surface area (Å²) in [5, 5.41) is 8.25. The van der Waals surface area contributed by atoms with Crippen molar-refractivity contribution in [2.75, 3.05) is 6.61 Å². The van der Waals surface area contributed by atoms with Crippen LogP contribution >= 0.6 is 0 Å². The van der Waals surface area contributed by atoms with Gasteiger partial charge < -0.3 is 5.11 Å². The lowest BCUT2D eigenvalue weighted by atomic mass is 10.1. The summed E-state index contributed by atoms with van der Waals surface area (Å²) in [5.41, 5.74) is 2.82. The van der Waals surface area contributed by atoms with E-state index < -0.39 is 18.5 Å². The summed E-state index contributed by atoms with van der Waals surface area (Å²) in [6, 6.07) is 5.80. The molecular weight excluding hydrogens is 229 g/mol. The van der Waals surface area contributed by atoms with Gasteiger partial charge in [0.15, 0.2) is 6.61 Å². The number of halogens is 1. The fourth-order valence-electron chi connectivity index (χ4n) is 1.14. The maximum atomic E-state index is 12.6. The molecule has 1 aromatic rings. The molecule has 1 amide bonds. The summed E-state index contributed by atoms with van der Waals surface area (Å²) < 4.78 is 12.6. The Kier molecular flexibility index (Phi) is 5.09. The number of carbonyl (C=O) groups is 2. The van der Waals surface area contributed by atoms with E-state index in [1.807, 2.05) is 5.48 Å². The van der Waals surface area contributed by atoms with Gasteiger partial charge in [0.25, 0.3) is 0 Å². The van der Waals surface area contributed by atoms with Gasteiger partial charge in [-0.05, 0) is 24.1 Å². The quantitative estimate of drug-likeness (QED) is 0.725. The molecule has 6 heteroatoms. The van der Waals surface area contributed by atoms with Gasteiger partial charge in [-0.3, -0.25) is 9.63 Å². The van der Waals surface area contributed by atoms with Crippen molar-refractivity contribution in [3.8, 4) is 0 Å². The summed E-state index contributed by atoms with van der Waals surface area (Å²) in [6.45, 7) is -0.581. The second kappa shape index (κ2) is 6.59. The van der Waals surface area contributed by atoms with E-state index in [-0.39, 0.29) is 12.2 Å². The number of aliphatic carboxylic acids is 1. The third-order valence-electron chi connectivity index (χ3n) is 1.94. The maximum absolute atomic E-state index is 12.6. The van der Waals surface area contributed by atoms with Crippen LogP contribution in [0.25, 0.3) is 0 Å². The molecule has 0 aliphatic carbocycles. The topological polar surface area (TPSA) is 75.6 Å². The first-order valence-electron chi connectivity index (χ1n) is 4.95. The normalized spacial score (nSPS) is 9.94. The van der Waals surface area contributed by atoms with E-state index in [4.69, 9.17) is 5.11 Å². The van der Waals surface area contributed by atoms with Gasteiger partial charge >= 0.3 is 5.97 Å². The molecule has 1 rings (SSSR count). The molecule has 0 saturated heterocycles. The number of hydrogen-bond donors (Lipinski definition) is 2. The summed E-state index contributed by atoms with van der Waals surface area (Å²) in [4.78, 5) is 25.6. The Labute approximate surface area is 97.2 Å². The van der Waals surface area contributed by atoms with E-state index in [0.717, 1.165) is 5.56 Å². The summed E-state index contributed by atoms with van der Waals surface area (Å²) in [5.74, 6) is -1.91. The van der Waals surface area contributed by atoms with Crippen LogP contribution in [0.15, 0.2) is 24.3 Å². The predicted octanol–water partition coefficient (Wildman–Crippen LogP) is 0.891. The maximum Gasteiger partial charge on any atom is 0.332 e. The number of amides is 1. The van der Waals surface area contributed by atoms with Crippen LogP contribution in [0, 0.1) is 5.82 Å². The average molecular weight is 241 g/mol. The zero-order chi connectivity index (χ0) is 12.7. The highest BCUT2D eigenvalue weighted by atomic mass is 19.1. The van der Waals surface area contributed by atoms with Crippen molar-refractivity contribution >= 4 is 11.9 Å². The molecule has 2 N–H and O–H groups in total. The number of carboxylic acids is 1. The highest BCUT2D eigenvalue weighted by Gasteiger charge is 2.04. The zero-order valence-corrected chi connectivity index (χ0v) is 8.98. The molecule has 0 aliphatic heterocycles. The number of carboxylic acid groups (broad SMARTS) is 1. The number of nitrogens with one attached hydrogen (secondary N) is 1. The predicted molar refractivity (Wildman–Crippen MR) is 56.5 cm³/mol. The smallest absolute Gasteiger partial charge is 0.332 e. The number of benzene rings is 1. The molecule has 0 heterocycles. The zero-order valence-electron chi connectivity index (χ0n) is 8.98. The molecule has 0 bridgehead atoms. The number of hydrogen-bond acceptors (Lipinski definition) is 3. The minimum Gasteiger partial charge on any atom is -0.479 e. The lowest BCUT2D eigenvalue weighted by Gasteiger charge is -2.03. The molecule has 0 fully saturated rings. The summed E-state index contributed by atoms with van der Waals surface area (Å²) in [7, 11) is 0. The fraction of sp³-hybridized carbons (Fsp3) is 0.273. The number of aryl methyl sites for hydroxylation is 1. The first-order chi connectivity index (χ1) is 8.08. The highest BCUT2D eigenvalue weighted by molar-refractivity contribution is 5.75. The van der Waals surface area contributed by atoms with Crippen LogP contribution in [0.4, 0.5) is 4.39 Å². The second-order valence-corrected chi connectivity index (χ2v) is 3.33. The van der Waals surface area contributed by atoms with E-state index in [9.17, 15) is 14.0 Å². The van der Waals surface area contributed by atoms with E-state index in [1.165, 1.54) is 12.1 Å². The Hall–Kier alpha value is -1.95. The highest BCUT2D eigenvalue weighted by Crippen LogP contribution is 2.05. The molecule has 0 spiro atoms. The van der Waals surface area contributed by atoms with Crippen LogP contribution in [0.3, 0.4) is 0 Å². The van der Waals surface area contributed by atoms with Crippen LogP contribution in [-0.4, -0.2) is 23.6 Å². The molecule has 0 unspecified atom stereocenters. The molecule has 0 radical (unpaired) electrons. The SMILES string of the molecule is O=C(O)CONC(=O)CCc1ccc(F)cc1. The minimum atomic E-state index is -1.16. The summed E-state index contributed by atoms with van der Waals surface area (Å²) >= 11 is 0. The lowest BCUT2D eigenvalue weighted by Crippen LogP contribution is -2.26. The fourth-order valence-corrected chi connectivity index (χ4v) is 1.14. The molecular formula is C11H12FNO4. The third-order valence-corrected chi connectivity index (χ3v) is 1.94. The number of hydroxylamine groups is 1. The van der Waals surface area contributed by atoms with Gasteiger partial charge in [0.05, 0.1) is 0 Å². The molecule has 17 heavy (non-hydrogen) atoms. The minimum absolute atomic E-state index is 0.144. The Morgan fingerprint density at radius 1 is 1.29 bits per heavy atom. The average Bonchev–Trinajstić information content (AvgIpc) is 2.28. The molecule has 92 valence electrons. The van der Waals surface area contributed by atoms with Crippen molar-refractivity contribution in [3.63, 3.8) is 0 Å². The monoisotopic (exact) mass is 241 g/mol. The third kappa shape index (κ3) is 5.62. The molecule has 0 saturated carbocycles. The summed E-state index contributed by atoms with van der Waals surface area (Å²) in [6.07, 6.45) is 0.577. The van der Waals surface area contributed by atoms with Crippen molar-refractivity contribution in [1.82, 2.24) is 5.48 Å². The van der Waals surface area contributed by atoms with Gasteiger partial charge in [-0.2, -0.15) is 0 Å². The molecule has 0 aliphatic rings. The molecule has 0 aromatic heterocycles. The first kappa shape index (κ1) is 13.1. The Bertz CT molecular complexity index is 391. The number of rotatable bonds is 6. The van der Waals surface area contributed by atoms with Gasteiger partial charge in [0, 0.05) is 6.42 Å². The van der Waals surface area contributed by atoms with Crippen LogP contribution in [0.1, 0.15) is 12.0 Å². The van der Waals surface area contributed by atoms with Crippen LogP contribution in [-0.2, 0) is 20.8 Å². The lowest BCUT2D eigenvalue weighted by molar-refractivity contribution is -0.149. The van der Waals surface area contributed by atoms with Crippen molar-refractivity contribution in [2.45, 2.75) is 12.8 Å². The van der Waals surface area contributed by atoms with Crippen LogP contribution in [0.5, 0.6) is 0 Å². The largest absolute Gasteiger partial charge is 0.479 e. The second-order valence-electron chi connectivity index (χ2n) is 3.33. The van der Waals surface area contributed by atoms with Crippen LogP contribution in [0.2, 0.25) is 0 Å². The van der Waals surface area contributed by atoms with Gasteiger partial charge in [-0.25, -0.2) is 14.7 Å². The molecule has 0 atom stereocenters. The van der Waals surface area contributed by atoms with Gasteiger partial charge in [0.2, 0.25) is 5.91 Å². The Morgan fingerprint density at radius 3 is 2.53 bits per heavy atom. The Morgan fingerprint density at radius 2 is 1.94 bits per heavy atom. The standard InChI is InChI=1S/C11H12FNO4/c12-9-4-1-8(2-5-9)3-6-10(14)13-17-7-11(15)16/h1-2,4-5H,3,6-7H2,(H,13,14)(H,15,16). The first-order valence-corrected chi connectivity index (χ1v) is 4.95. The van der Waals surface area contributed by atoms with Crippen molar-refractivity contribution in [2.24, 2.45) is 0 Å².